The topological polar surface area (TPSA) is 35.5 Å². The molecule has 1 saturated heterocycles. The third-order valence-corrected chi connectivity index (χ3v) is 5.42. The third kappa shape index (κ3) is 6.04. The summed E-state index contributed by atoms with van der Waals surface area (Å²) in [6.45, 7) is 15.2. The number of halogens is 1. The number of Topliss-reactive ketones (excluding diaryl/α,β-unsaturated/α-hetero) is 1. The number of alkyl halides is 1. The molecule has 156 valence electrons. The van der Waals surface area contributed by atoms with Crippen molar-refractivity contribution < 1.29 is 14.3 Å². The standard InChI is InChI=1S/C24H35ClO3/c1-7-9-10-15-21(12-8-2)24(27-16-17-28-24)20(4)14-11-13-19(3)23(5,6)22(26)18-25/h9-14H,4,7-8,15-18H2,1-3,5-6H3/b10-9-,14-11-,19-13+,21-12+. The van der Waals surface area contributed by atoms with Crippen LogP contribution in [0.3, 0.4) is 0 Å². The van der Waals surface area contributed by atoms with Crippen LogP contribution in [0, 0.1) is 5.41 Å². The SMILES string of the molecule is C=C(/C=C\C=C(/C)C(C)(C)C(=O)CCl)C1(/C(=C/CC)C/C=C\CC)OCCO1. The Kier molecular flexibility index (Phi) is 10.2. The molecular formula is C24H35ClO3. The van der Waals surface area contributed by atoms with Crippen molar-refractivity contribution in [3.63, 3.8) is 0 Å². The van der Waals surface area contributed by atoms with Crippen molar-refractivity contribution in [1.82, 2.24) is 0 Å². The van der Waals surface area contributed by atoms with Gasteiger partial charge in [-0.1, -0.05) is 62.5 Å². The molecule has 1 heterocycles. The average molecular weight is 407 g/mol. The molecule has 4 heteroatoms. The number of allylic oxidation sites excluding steroid dienone is 6. The zero-order valence-corrected chi connectivity index (χ0v) is 18.8. The van der Waals surface area contributed by atoms with Crippen LogP contribution in [0.15, 0.2) is 59.8 Å². The Labute approximate surface area is 175 Å². The largest absolute Gasteiger partial charge is 0.340 e. The molecule has 0 radical (unpaired) electrons. The minimum absolute atomic E-state index is 0.00458. The van der Waals surface area contributed by atoms with Crippen molar-refractivity contribution in [3.05, 3.63) is 59.8 Å². The molecule has 0 saturated carbocycles. The van der Waals surface area contributed by atoms with Gasteiger partial charge in [0.1, 0.15) is 0 Å². The zero-order valence-electron chi connectivity index (χ0n) is 18.0. The van der Waals surface area contributed by atoms with Gasteiger partial charge < -0.3 is 9.47 Å². The predicted molar refractivity (Wildman–Crippen MR) is 119 cm³/mol. The Bertz CT molecular complexity index is 659. The minimum atomic E-state index is -0.909. The maximum atomic E-state index is 12.1. The predicted octanol–water partition coefficient (Wildman–Crippen LogP) is 6.32. The van der Waals surface area contributed by atoms with Crippen LogP contribution in [0.4, 0.5) is 0 Å². The van der Waals surface area contributed by atoms with E-state index in [1.54, 1.807) is 0 Å². The fraction of sp³-hybridized carbons (Fsp3) is 0.542. The van der Waals surface area contributed by atoms with Crippen LogP contribution in [0.1, 0.15) is 53.9 Å². The monoisotopic (exact) mass is 406 g/mol. The fourth-order valence-electron chi connectivity index (χ4n) is 2.98. The molecule has 0 amide bonds. The first kappa shape index (κ1) is 24.6. The highest BCUT2D eigenvalue weighted by molar-refractivity contribution is 6.28. The number of ether oxygens (including phenoxy) is 2. The van der Waals surface area contributed by atoms with E-state index in [2.05, 4.69) is 38.7 Å². The molecule has 0 aromatic rings. The Hall–Kier alpha value is -1.42. The molecule has 0 spiro atoms. The van der Waals surface area contributed by atoms with Crippen molar-refractivity contribution in [2.45, 2.75) is 59.7 Å². The molecule has 0 atom stereocenters. The molecule has 0 aromatic carbocycles. The smallest absolute Gasteiger partial charge is 0.218 e. The molecule has 3 nitrogen and oxygen atoms in total. The van der Waals surface area contributed by atoms with Crippen LogP contribution in [0.2, 0.25) is 0 Å². The highest BCUT2D eigenvalue weighted by Crippen LogP contribution is 2.37. The lowest BCUT2D eigenvalue weighted by atomic mass is 9.81. The van der Waals surface area contributed by atoms with E-state index in [-0.39, 0.29) is 11.7 Å². The summed E-state index contributed by atoms with van der Waals surface area (Å²) >= 11 is 5.73. The van der Waals surface area contributed by atoms with E-state index in [1.165, 1.54) is 0 Å². The van der Waals surface area contributed by atoms with Gasteiger partial charge in [0, 0.05) is 11.0 Å². The van der Waals surface area contributed by atoms with Crippen molar-refractivity contribution in [3.8, 4) is 0 Å². The first-order chi connectivity index (χ1) is 13.3. The summed E-state index contributed by atoms with van der Waals surface area (Å²) in [5.74, 6) is -0.895. The molecule has 1 aliphatic heterocycles. The number of hydrogen-bond donors (Lipinski definition) is 0. The van der Waals surface area contributed by atoms with E-state index in [0.717, 1.165) is 36.0 Å². The van der Waals surface area contributed by atoms with Gasteiger partial charge in [-0.05, 0) is 45.6 Å². The van der Waals surface area contributed by atoms with Crippen molar-refractivity contribution in [2.24, 2.45) is 5.41 Å². The van der Waals surface area contributed by atoms with Crippen molar-refractivity contribution in [2.75, 3.05) is 19.1 Å². The minimum Gasteiger partial charge on any atom is -0.340 e. The number of hydrogen-bond acceptors (Lipinski definition) is 3. The van der Waals surface area contributed by atoms with E-state index < -0.39 is 11.2 Å². The lowest BCUT2D eigenvalue weighted by Crippen LogP contribution is -2.34. The summed E-state index contributed by atoms with van der Waals surface area (Å²) < 4.78 is 12.1. The highest BCUT2D eigenvalue weighted by atomic mass is 35.5. The lowest BCUT2D eigenvalue weighted by Gasteiger charge is -2.31. The molecule has 0 aliphatic carbocycles. The van der Waals surface area contributed by atoms with Gasteiger partial charge in [-0.25, -0.2) is 0 Å². The molecule has 0 N–H and O–H groups in total. The molecule has 0 bridgehead atoms. The lowest BCUT2D eigenvalue weighted by molar-refractivity contribution is -0.122. The van der Waals surface area contributed by atoms with Crippen molar-refractivity contribution in [1.29, 1.82) is 0 Å². The summed E-state index contributed by atoms with van der Waals surface area (Å²) in [6, 6.07) is 0. The number of carbonyl (C=O) groups excluding carboxylic acids is 1. The molecule has 1 fully saturated rings. The Morgan fingerprint density at radius 2 is 1.82 bits per heavy atom. The first-order valence-electron chi connectivity index (χ1n) is 10.0. The van der Waals surface area contributed by atoms with Crippen LogP contribution in [0.25, 0.3) is 0 Å². The van der Waals surface area contributed by atoms with E-state index in [9.17, 15) is 4.79 Å². The van der Waals surface area contributed by atoms with E-state index in [1.807, 2.05) is 39.0 Å². The first-order valence-corrected chi connectivity index (χ1v) is 10.6. The van der Waals surface area contributed by atoms with E-state index >= 15 is 0 Å². The van der Waals surface area contributed by atoms with Gasteiger partial charge in [-0.3, -0.25) is 4.79 Å². The summed E-state index contributed by atoms with van der Waals surface area (Å²) in [5, 5.41) is 0. The van der Waals surface area contributed by atoms with Gasteiger partial charge in [0.25, 0.3) is 0 Å². The van der Waals surface area contributed by atoms with Crippen LogP contribution < -0.4 is 0 Å². The number of carbonyl (C=O) groups is 1. The number of rotatable bonds is 11. The van der Waals surface area contributed by atoms with Gasteiger partial charge in [-0.2, -0.15) is 0 Å². The van der Waals surface area contributed by atoms with Crippen LogP contribution in [-0.4, -0.2) is 30.7 Å². The van der Waals surface area contributed by atoms with E-state index in [0.29, 0.717) is 13.2 Å². The van der Waals surface area contributed by atoms with Gasteiger partial charge in [0.2, 0.25) is 5.79 Å². The highest BCUT2D eigenvalue weighted by Gasteiger charge is 2.41. The van der Waals surface area contributed by atoms with Gasteiger partial charge in [0.05, 0.1) is 19.1 Å². The van der Waals surface area contributed by atoms with Crippen LogP contribution in [0.5, 0.6) is 0 Å². The second-order valence-corrected chi connectivity index (χ2v) is 7.72. The zero-order chi connectivity index (χ0) is 21.2. The summed E-state index contributed by atoms with van der Waals surface area (Å²) in [5.41, 5.74) is 2.17. The maximum Gasteiger partial charge on any atom is 0.218 e. The summed E-state index contributed by atoms with van der Waals surface area (Å²) in [7, 11) is 0. The fourth-order valence-corrected chi connectivity index (χ4v) is 3.31. The van der Waals surface area contributed by atoms with Crippen LogP contribution >= 0.6 is 11.6 Å². The average Bonchev–Trinajstić information content (AvgIpc) is 3.17. The van der Waals surface area contributed by atoms with Gasteiger partial charge >= 0.3 is 0 Å². The summed E-state index contributed by atoms with van der Waals surface area (Å²) in [4.78, 5) is 12.1. The Morgan fingerprint density at radius 3 is 2.36 bits per heavy atom. The van der Waals surface area contributed by atoms with Gasteiger partial charge in [0.15, 0.2) is 5.78 Å². The van der Waals surface area contributed by atoms with E-state index in [4.69, 9.17) is 21.1 Å². The molecule has 0 aromatic heterocycles. The second-order valence-electron chi connectivity index (χ2n) is 7.45. The molecule has 0 unspecified atom stereocenters. The maximum absolute atomic E-state index is 12.1. The Balaban J connectivity index is 3.08. The quantitative estimate of drug-likeness (QED) is 0.229. The molecule has 1 aliphatic rings. The van der Waals surface area contributed by atoms with Crippen molar-refractivity contribution >= 4 is 17.4 Å². The third-order valence-electron chi connectivity index (χ3n) is 5.18. The molecule has 28 heavy (non-hydrogen) atoms. The molecular weight excluding hydrogens is 372 g/mol. The van der Waals surface area contributed by atoms with Crippen LogP contribution in [-0.2, 0) is 14.3 Å². The number of ketones is 1. The van der Waals surface area contributed by atoms with Gasteiger partial charge in [-0.15, -0.1) is 11.6 Å². The Morgan fingerprint density at radius 1 is 1.18 bits per heavy atom. The normalized spacial score (nSPS) is 18.4. The second kappa shape index (κ2) is 11.5. The summed E-state index contributed by atoms with van der Waals surface area (Å²) in [6.07, 6.45) is 14.8. The molecule has 1 rings (SSSR count).